The Morgan fingerprint density at radius 2 is 1.95 bits per heavy atom. The zero-order valence-electron chi connectivity index (χ0n) is 12.7. The molecule has 6 heteroatoms. The largest absolute Gasteiger partial charge is 0.397 e. The Balaban J connectivity index is 2.11. The Labute approximate surface area is 127 Å². The van der Waals surface area contributed by atoms with Gasteiger partial charge in [0, 0.05) is 6.04 Å². The van der Waals surface area contributed by atoms with Crippen LogP contribution in [-0.2, 0) is 10.0 Å². The Hall–Kier alpha value is -1.27. The molecule has 1 aromatic rings. The number of benzene rings is 1. The molecule has 5 nitrogen and oxygen atoms in total. The van der Waals surface area contributed by atoms with Crippen LogP contribution in [-0.4, -0.2) is 21.5 Å². The molecule has 118 valence electrons. The molecule has 2 atom stereocenters. The van der Waals surface area contributed by atoms with E-state index >= 15 is 0 Å². The molecule has 1 aliphatic carbocycles. The molecule has 2 rings (SSSR count). The SMILES string of the molecule is CNS(=O)(=O)c1ccc(NC2CCCC(C)CC2)c(N)c1. The van der Waals surface area contributed by atoms with Crippen molar-refractivity contribution in [3.8, 4) is 0 Å². The van der Waals surface area contributed by atoms with Gasteiger partial charge in [0.15, 0.2) is 0 Å². The second kappa shape index (κ2) is 6.66. The predicted octanol–water partition coefficient (Wildman–Crippen LogP) is 2.56. The fourth-order valence-electron chi connectivity index (χ4n) is 2.81. The van der Waals surface area contributed by atoms with Crippen molar-refractivity contribution in [2.24, 2.45) is 5.92 Å². The van der Waals surface area contributed by atoms with Gasteiger partial charge in [0.25, 0.3) is 0 Å². The average Bonchev–Trinajstić information content (AvgIpc) is 2.66. The molecule has 1 saturated carbocycles. The maximum absolute atomic E-state index is 11.7. The highest BCUT2D eigenvalue weighted by Crippen LogP contribution is 2.28. The molecule has 0 radical (unpaired) electrons. The van der Waals surface area contributed by atoms with Crippen LogP contribution in [0.1, 0.15) is 39.0 Å². The Bertz CT molecular complexity index is 587. The van der Waals surface area contributed by atoms with Crippen LogP contribution in [0.3, 0.4) is 0 Å². The molecule has 0 bridgehead atoms. The molecule has 1 aliphatic rings. The smallest absolute Gasteiger partial charge is 0.240 e. The van der Waals surface area contributed by atoms with Gasteiger partial charge in [-0.15, -0.1) is 0 Å². The minimum absolute atomic E-state index is 0.197. The van der Waals surface area contributed by atoms with E-state index in [1.165, 1.54) is 32.4 Å². The normalized spacial score (nSPS) is 23.5. The molecule has 4 N–H and O–H groups in total. The molecule has 0 heterocycles. The van der Waals surface area contributed by atoms with Crippen molar-refractivity contribution in [3.05, 3.63) is 18.2 Å². The first-order valence-corrected chi connectivity index (χ1v) is 9.00. The number of sulfonamides is 1. The summed E-state index contributed by atoms with van der Waals surface area (Å²) in [6, 6.07) is 5.27. The fraction of sp³-hybridized carbons (Fsp3) is 0.600. The van der Waals surface area contributed by atoms with E-state index in [-0.39, 0.29) is 4.90 Å². The van der Waals surface area contributed by atoms with Crippen LogP contribution in [0.4, 0.5) is 11.4 Å². The lowest BCUT2D eigenvalue weighted by molar-refractivity contribution is 0.502. The Morgan fingerprint density at radius 1 is 1.19 bits per heavy atom. The van der Waals surface area contributed by atoms with E-state index in [0.717, 1.165) is 24.4 Å². The first kappa shape index (κ1) is 16.1. The highest BCUT2D eigenvalue weighted by molar-refractivity contribution is 7.89. The topological polar surface area (TPSA) is 84.2 Å². The molecule has 0 aliphatic heterocycles. The minimum Gasteiger partial charge on any atom is -0.397 e. The maximum Gasteiger partial charge on any atom is 0.240 e. The summed E-state index contributed by atoms with van der Waals surface area (Å²) in [5.41, 5.74) is 7.30. The van der Waals surface area contributed by atoms with Gasteiger partial charge in [-0.05, 0) is 50.4 Å². The third-order valence-corrected chi connectivity index (χ3v) is 5.63. The van der Waals surface area contributed by atoms with Crippen molar-refractivity contribution >= 4 is 21.4 Å². The van der Waals surface area contributed by atoms with E-state index in [4.69, 9.17) is 5.73 Å². The predicted molar refractivity (Wildman–Crippen MR) is 86.8 cm³/mol. The van der Waals surface area contributed by atoms with Crippen LogP contribution in [0.25, 0.3) is 0 Å². The van der Waals surface area contributed by atoms with Crippen molar-refractivity contribution in [2.75, 3.05) is 18.1 Å². The lowest BCUT2D eigenvalue weighted by Crippen LogP contribution is -2.21. The van der Waals surface area contributed by atoms with Gasteiger partial charge in [-0.25, -0.2) is 13.1 Å². The van der Waals surface area contributed by atoms with Crippen LogP contribution in [0.5, 0.6) is 0 Å². The number of nitrogen functional groups attached to an aromatic ring is 1. The lowest BCUT2D eigenvalue weighted by Gasteiger charge is -2.19. The number of hydrogen-bond donors (Lipinski definition) is 3. The number of rotatable bonds is 4. The Morgan fingerprint density at radius 3 is 2.62 bits per heavy atom. The zero-order valence-corrected chi connectivity index (χ0v) is 13.5. The van der Waals surface area contributed by atoms with Gasteiger partial charge < -0.3 is 11.1 Å². The Kier molecular flexibility index (Phi) is 5.11. The summed E-state index contributed by atoms with van der Waals surface area (Å²) in [4.78, 5) is 0.197. The molecular formula is C15H25N3O2S. The van der Waals surface area contributed by atoms with Gasteiger partial charge in [0.05, 0.1) is 16.3 Å². The van der Waals surface area contributed by atoms with Gasteiger partial charge in [-0.2, -0.15) is 0 Å². The number of hydrogen-bond acceptors (Lipinski definition) is 4. The first-order valence-electron chi connectivity index (χ1n) is 7.52. The molecule has 21 heavy (non-hydrogen) atoms. The van der Waals surface area contributed by atoms with Gasteiger partial charge in [-0.1, -0.05) is 19.8 Å². The molecule has 0 saturated heterocycles. The van der Waals surface area contributed by atoms with Crippen molar-refractivity contribution in [2.45, 2.75) is 50.0 Å². The third-order valence-electron chi connectivity index (χ3n) is 4.22. The summed E-state index contributed by atoms with van der Waals surface area (Å²) in [7, 11) is -2.05. The molecule has 0 aromatic heterocycles. The highest BCUT2D eigenvalue weighted by Gasteiger charge is 2.18. The summed E-state index contributed by atoms with van der Waals surface area (Å²) in [6.07, 6.45) is 6.01. The number of anilines is 2. The summed E-state index contributed by atoms with van der Waals surface area (Å²) in [5.74, 6) is 0.789. The summed E-state index contributed by atoms with van der Waals surface area (Å²) in [5, 5.41) is 3.47. The summed E-state index contributed by atoms with van der Waals surface area (Å²) in [6.45, 7) is 2.30. The van der Waals surface area contributed by atoms with E-state index in [0.29, 0.717) is 11.7 Å². The second-order valence-electron chi connectivity index (χ2n) is 5.91. The maximum atomic E-state index is 11.7. The van der Waals surface area contributed by atoms with E-state index < -0.39 is 10.0 Å². The van der Waals surface area contributed by atoms with Crippen LogP contribution in [0.15, 0.2) is 23.1 Å². The summed E-state index contributed by atoms with van der Waals surface area (Å²) >= 11 is 0. The minimum atomic E-state index is -3.44. The molecular weight excluding hydrogens is 286 g/mol. The van der Waals surface area contributed by atoms with Crippen LogP contribution < -0.4 is 15.8 Å². The summed E-state index contributed by atoms with van der Waals surface area (Å²) < 4.78 is 25.8. The van der Waals surface area contributed by atoms with Crippen molar-refractivity contribution in [1.29, 1.82) is 0 Å². The van der Waals surface area contributed by atoms with Gasteiger partial charge in [0.1, 0.15) is 0 Å². The standard InChI is InChI=1S/C15H25N3O2S/c1-11-4-3-5-12(7-6-11)18-15-9-8-13(10-14(15)16)21(19,20)17-2/h8-12,17-18H,3-7,16H2,1-2H3. The van der Waals surface area contributed by atoms with Crippen LogP contribution >= 0.6 is 0 Å². The van der Waals surface area contributed by atoms with E-state index in [1.54, 1.807) is 12.1 Å². The van der Waals surface area contributed by atoms with Crippen molar-refractivity contribution < 1.29 is 8.42 Å². The van der Waals surface area contributed by atoms with Gasteiger partial charge in [-0.3, -0.25) is 0 Å². The first-order chi connectivity index (χ1) is 9.92. The fourth-order valence-corrected chi connectivity index (χ4v) is 3.57. The molecule has 1 aromatic carbocycles. The van der Waals surface area contributed by atoms with Crippen LogP contribution in [0.2, 0.25) is 0 Å². The zero-order chi connectivity index (χ0) is 15.5. The third kappa shape index (κ3) is 4.11. The average molecular weight is 311 g/mol. The number of nitrogens with one attached hydrogen (secondary N) is 2. The van der Waals surface area contributed by atoms with E-state index in [9.17, 15) is 8.42 Å². The quantitative estimate of drug-likeness (QED) is 0.589. The molecule has 0 amide bonds. The van der Waals surface area contributed by atoms with E-state index in [1.807, 2.05) is 0 Å². The lowest BCUT2D eigenvalue weighted by atomic mass is 10.0. The monoisotopic (exact) mass is 311 g/mol. The molecule has 1 fully saturated rings. The van der Waals surface area contributed by atoms with Gasteiger partial charge >= 0.3 is 0 Å². The van der Waals surface area contributed by atoms with Gasteiger partial charge in [0.2, 0.25) is 10.0 Å². The molecule has 0 spiro atoms. The van der Waals surface area contributed by atoms with E-state index in [2.05, 4.69) is 17.0 Å². The number of nitrogens with two attached hydrogens (primary N) is 1. The molecule has 2 unspecified atom stereocenters. The highest BCUT2D eigenvalue weighted by atomic mass is 32.2. The van der Waals surface area contributed by atoms with Crippen molar-refractivity contribution in [1.82, 2.24) is 4.72 Å². The second-order valence-corrected chi connectivity index (χ2v) is 7.80. The van der Waals surface area contributed by atoms with Crippen molar-refractivity contribution in [3.63, 3.8) is 0 Å². The van der Waals surface area contributed by atoms with Crippen LogP contribution in [0, 0.1) is 5.92 Å².